The van der Waals surface area contributed by atoms with Crippen molar-refractivity contribution in [2.75, 3.05) is 0 Å². The number of primary amides is 1. The first-order chi connectivity index (χ1) is 10.2. The van der Waals surface area contributed by atoms with E-state index in [4.69, 9.17) is 10.8 Å². The van der Waals surface area contributed by atoms with Crippen molar-refractivity contribution in [3.63, 3.8) is 0 Å². The van der Waals surface area contributed by atoms with Gasteiger partial charge in [-0.2, -0.15) is 0 Å². The summed E-state index contributed by atoms with van der Waals surface area (Å²) < 4.78 is 0. The fourth-order valence-electron chi connectivity index (χ4n) is 1.79. The summed E-state index contributed by atoms with van der Waals surface area (Å²) in [5.74, 6) is -2.67. The zero-order valence-corrected chi connectivity index (χ0v) is 11.7. The number of aliphatic carboxylic acids is 1. The minimum atomic E-state index is -1.30. The van der Waals surface area contributed by atoms with E-state index in [0.717, 1.165) is 0 Å². The first-order valence-corrected chi connectivity index (χ1v) is 6.29. The molecule has 9 heteroatoms. The Morgan fingerprint density at radius 2 is 2.05 bits per heavy atom. The molecule has 2 amide bonds. The first kappa shape index (κ1) is 17.1. The molecule has 0 aliphatic rings. The number of aryl methyl sites for hydroxylation is 1. The van der Waals surface area contributed by atoms with Crippen LogP contribution < -0.4 is 11.1 Å². The van der Waals surface area contributed by atoms with E-state index in [1.165, 1.54) is 25.1 Å². The maximum absolute atomic E-state index is 12.0. The van der Waals surface area contributed by atoms with Crippen LogP contribution in [0.3, 0.4) is 0 Å². The van der Waals surface area contributed by atoms with Gasteiger partial charge in [-0.1, -0.05) is 0 Å². The van der Waals surface area contributed by atoms with Gasteiger partial charge in [-0.25, -0.2) is 4.79 Å². The van der Waals surface area contributed by atoms with E-state index < -0.39 is 28.7 Å². The van der Waals surface area contributed by atoms with E-state index in [1.54, 1.807) is 0 Å². The van der Waals surface area contributed by atoms with Crippen LogP contribution in [0.15, 0.2) is 18.2 Å². The Morgan fingerprint density at radius 1 is 1.41 bits per heavy atom. The highest BCUT2D eigenvalue weighted by atomic mass is 16.6. The Kier molecular flexibility index (Phi) is 5.56. The topological polar surface area (TPSA) is 153 Å². The molecule has 0 saturated heterocycles. The third-order valence-corrected chi connectivity index (χ3v) is 2.94. The Hall–Kier alpha value is -2.97. The summed E-state index contributed by atoms with van der Waals surface area (Å²) in [7, 11) is 0. The molecule has 0 saturated carbocycles. The molecule has 22 heavy (non-hydrogen) atoms. The fourth-order valence-corrected chi connectivity index (χ4v) is 1.79. The van der Waals surface area contributed by atoms with Crippen LogP contribution >= 0.6 is 0 Å². The number of carbonyl (C=O) groups is 3. The lowest BCUT2D eigenvalue weighted by atomic mass is 10.1. The lowest BCUT2D eigenvalue weighted by Crippen LogP contribution is -2.41. The number of carboxylic acids is 1. The molecule has 118 valence electrons. The predicted octanol–water partition coefficient (Wildman–Crippen LogP) is 0.352. The van der Waals surface area contributed by atoms with Crippen LogP contribution in [0.5, 0.6) is 0 Å². The fraction of sp³-hybridized carbons (Fsp3) is 0.308. The average Bonchev–Trinajstić information content (AvgIpc) is 2.41. The van der Waals surface area contributed by atoms with Crippen molar-refractivity contribution in [3.8, 4) is 0 Å². The van der Waals surface area contributed by atoms with Crippen LogP contribution in [0.2, 0.25) is 0 Å². The number of hydrogen-bond donors (Lipinski definition) is 3. The molecule has 0 aromatic heterocycles. The predicted molar refractivity (Wildman–Crippen MR) is 75.2 cm³/mol. The second-order valence-corrected chi connectivity index (χ2v) is 4.63. The summed E-state index contributed by atoms with van der Waals surface area (Å²) >= 11 is 0. The molecule has 1 aromatic rings. The van der Waals surface area contributed by atoms with Gasteiger partial charge in [0, 0.05) is 23.6 Å². The quantitative estimate of drug-likeness (QED) is 0.488. The van der Waals surface area contributed by atoms with Gasteiger partial charge in [0.25, 0.3) is 11.6 Å². The van der Waals surface area contributed by atoms with Gasteiger partial charge in [-0.15, -0.1) is 0 Å². The van der Waals surface area contributed by atoms with Gasteiger partial charge in [-0.05, 0) is 25.5 Å². The van der Waals surface area contributed by atoms with E-state index in [9.17, 15) is 24.5 Å². The van der Waals surface area contributed by atoms with Gasteiger partial charge in [0.2, 0.25) is 5.91 Å². The van der Waals surface area contributed by atoms with E-state index in [1.807, 2.05) is 0 Å². The highest BCUT2D eigenvalue weighted by molar-refractivity contribution is 5.97. The number of nitro benzene ring substituents is 1. The Bertz CT molecular complexity index is 628. The van der Waals surface area contributed by atoms with Crippen LogP contribution in [0.1, 0.15) is 28.8 Å². The van der Waals surface area contributed by atoms with Crippen molar-refractivity contribution < 1.29 is 24.4 Å². The number of hydrogen-bond acceptors (Lipinski definition) is 5. The number of benzene rings is 1. The SMILES string of the molecule is Cc1cc(C(=O)N[C@@H](CCC(N)=O)C(=O)O)ccc1[N+](=O)[O-]. The molecule has 0 heterocycles. The highest BCUT2D eigenvalue weighted by Gasteiger charge is 2.22. The van der Waals surface area contributed by atoms with Crippen LogP contribution in [0, 0.1) is 17.0 Å². The molecule has 1 aromatic carbocycles. The van der Waals surface area contributed by atoms with E-state index in [-0.39, 0.29) is 29.7 Å². The molecule has 0 bridgehead atoms. The van der Waals surface area contributed by atoms with Crippen molar-refractivity contribution in [1.82, 2.24) is 5.32 Å². The van der Waals surface area contributed by atoms with Gasteiger partial charge < -0.3 is 16.2 Å². The number of nitrogens with two attached hydrogens (primary N) is 1. The smallest absolute Gasteiger partial charge is 0.326 e. The Morgan fingerprint density at radius 3 is 2.50 bits per heavy atom. The molecule has 0 aliphatic heterocycles. The van der Waals surface area contributed by atoms with Crippen molar-refractivity contribution >= 4 is 23.5 Å². The highest BCUT2D eigenvalue weighted by Crippen LogP contribution is 2.18. The number of nitrogens with one attached hydrogen (secondary N) is 1. The molecule has 0 fully saturated rings. The van der Waals surface area contributed by atoms with Crippen molar-refractivity contribution in [2.45, 2.75) is 25.8 Å². The number of carboxylic acid groups (broad SMARTS) is 1. The number of nitrogens with zero attached hydrogens (tertiary/aromatic N) is 1. The molecular weight excluding hydrogens is 294 g/mol. The molecular formula is C13H15N3O6. The van der Waals surface area contributed by atoms with Gasteiger partial charge in [-0.3, -0.25) is 19.7 Å². The van der Waals surface area contributed by atoms with E-state index in [2.05, 4.69) is 5.32 Å². The number of rotatable bonds is 7. The molecule has 1 atom stereocenters. The maximum Gasteiger partial charge on any atom is 0.326 e. The molecule has 0 unspecified atom stereocenters. The summed E-state index contributed by atoms with van der Waals surface area (Å²) in [5.41, 5.74) is 5.17. The number of carbonyl (C=O) groups excluding carboxylic acids is 2. The van der Waals surface area contributed by atoms with Crippen LogP contribution in [0.25, 0.3) is 0 Å². The monoisotopic (exact) mass is 309 g/mol. The minimum Gasteiger partial charge on any atom is -0.480 e. The average molecular weight is 309 g/mol. The first-order valence-electron chi connectivity index (χ1n) is 6.29. The Balaban J connectivity index is 2.86. The molecule has 0 spiro atoms. The standard InChI is InChI=1S/C13H15N3O6/c1-7-6-8(2-4-10(7)16(21)22)12(18)15-9(13(19)20)3-5-11(14)17/h2,4,6,9H,3,5H2,1H3,(H2,14,17)(H,15,18)(H,19,20)/t9-/m0/s1. The summed E-state index contributed by atoms with van der Waals surface area (Å²) in [6.07, 6.45) is -0.321. The minimum absolute atomic E-state index is 0.0911. The molecule has 4 N–H and O–H groups in total. The maximum atomic E-state index is 12.0. The number of nitro groups is 1. The number of amides is 2. The van der Waals surface area contributed by atoms with Crippen LogP contribution in [-0.2, 0) is 9.59 Å². The van der Waals surface area contributed by atoms with Crippen molar-refractivity contribution in [3.05, 3.63) is 39.4 Å². The third-order valence-electron chi connectivity index (χ3n) is 2.94. The van der Waals surface area contributed by atoms with Crippen molar-refractivity contribution in [1.29, 1.82) is 0 Å². The third kappa shape index (κ3) is 4.54. The van der Waals surface area contributed by atoms with Gasteiger partial charge in [0.05, 0.1) is 4.92 Å². The summed E-state index contributed by atoms with van der Waals surface area (Å²) in [5, 5.41) is 21.9. The lowest BCUT2D eigenvalue weighted by molar-refractivity contribution is -0.385. The molecule has 1 rings (SSSR count). The summed E-state index contributed by atoms with van der Waals surface area (Å²) in [6, 6.07) is 2.42. The van der Waals surface area contributed by atoms with E-state index in [0.29, 0.717) is 0 Å². The van der Waals surface area contributed by atoms with Gasteiger partial charge >= 0.3 is 5.97 Å². The lowest BCUT2D eigenvalue weighted by Gasteiger charge is -2.14. The second kappa shape index (κ2) is 7.16. The zero-order valence-electron chi connectivity index (χ0n) is 11.7. The molecule has 0 radical (unpaired) electrons. The molecule has 9 nitrogen and oxygen atoms in total. The zero-order chi connectivity index (χ0) is 16.9. The summed E-state index contributed by atoms with van der Waals surface area (Å²) in [4.78, 5) is 43.8. The van der Waals surface area contributed by atoms with Gasteiger partial charge in [0.15, 0.2) is 0 Å². The molecule has 0 aliphatic carbocycles. The van der Waals surface area contributed by atoms with Crippen molar-refractivity contribution in [2.24, 2.45) is 5.73 Å². The largest absolute Gasteiger partial charge is 0.480 e. The Labute approximate surface area is 125 Å². The second-order valence-electron chi connectivity index (χ2n) is 4.63. The van der Waals surface area contributed by atoms with Crippen LogP contribution in [0.4, 0.5) is 5.69 Å². The van der Waals surface area contributed by atoms with E-state index >= 15 is 0 Å². The summed E-state index contributed by atoms with van der Waals surface area (Å²) in [6.45, 7) is 1.47. The van der Waals surface area contributed by atoms with Gasteiger partial charge in [0.1, 0.15) is 6.04 Å². The normalized spacial score (nSPS) is 11.5. The van der Waals surface area contributed by atoms with Crippen LogP contribution in [-0.4, -0.2) is 33.9 Å².